The van der Waals surface area contributed by atoms with E-state index in [-0.39, 0.29) is 5.56 Å². The first-order chi connectivity index (χ1) is 12.8. The number of nitrogens with one attached hydrogen (secondary N) is 2. The van der Waals surface area contributed by atoms with Crippen molar-refractivity contribution in [2.45, 2.75) is 12.1 Å². The van der Waals surface area contributed by atoms with E-state index in [1.165, 1.54) is 31.7 Å². The van der Waals surface area contributed by atoms with Crippen molar-refractivity contribution in [2.75, 3.05) is 20.7 Å². The van der Waals surface area contributed by atoms with Crippen LogP contribution in [0.5, 0.6) is 0 Å². The van der Waals surface area contributed by atoms with Crippen molar-refractivity contribution in [3.05, 3.63) is 35.4 Å². The molecule has 0 fully saturated rings. The maximum Gasteiger partial charge on any atom is 0.275 e. The highest BCUT2D eigenvalue weighted by molar-refractivity contribution is 6.08. The molecule has 3 amide bonds. The summed E-state index contributed by atoms with van der Waals surface area (Å²) in [6, 6.07) is 4.45. The van der Waals surface area contributed by atoms with Crippen LogP contribution in [0.2, 0.25) is 0 Å². The van der Waals surface area contributed by atoms with Crippen LogP contribution in [0.3, 0.4) is 0 Å². The molecule has 0 aromatic heterocycles. The van der Waals surface area contributed by atoms with Crippen molar-refractivity contribution < 1.29 is 29.8 Å². The predicted molar refractivity (Wildman–Crippen MR) is 94.1 cm³/mol. The zero-order valence-electron chi connectivity index (χ0n) is 14.7. The Morgan fingerprint density at radius 3 is 2.30 bits per heavy atom. The molecule has 0 spiro atoms. The molecule has 1 aromatic carbocycles. The summed E-state index contributed by atoms with van der Waals surface area (Å²) in [4.78, 5) is 36.9. The molecule has 0 radical (unpaired) electrons. The first-order valence-corrected chi connectivity index (χ1v) is 7.69. The standard InChI is InChI=1S/C18H19N3O6/c1-19-16(24)15(17(25)20-27)21(2)18(26)13-9-7-12(8-10-13)5-3-4-6-14(23)11-22/h7-10,14-15,22-23,27H,11H2,1-2H3,(H,19,24)(H,20,25). The second-order valence-electron chi connectivity index (χ2n) is 5.20. The monoisotopic (exact) mass is 373 g/mol. The second-order valence-corrected chi connectivity index (χ2v) is 5.20. The Morgan fingerprint density at radius 1 is 1.15 bits per heavy atom. The fraction of sp³-hybridized carbons (Fsp3) is 0.278. The summed E-state index contributed by atoms with van der Waals surface area (Å²) in [5.41, 5.74) is 2.10. The van der Waals surface area contributed by atoms with E-state index in [9.17, 15) is 14.4 Å². The maximum atomic E-state index is 12.5. The molecule has 0 aliphatic carbocycles. The number of aliphatic hydroxyl groups is 2. The van der Waals surface area contributed by atoms with E-state index in [0.29, 0.717) is 5.56 Å². The third kappa shape index (κ3) is 6.13. The van der Waals surface area contributed by atoms with E-state index >= 15 is 0 Å². The highest BCUT2D eigenvalue weighted by Crippen LogP contribution is 2.09. The van der Waals surface area contributed by atoms with Crippen LogP contribution in [-0.4, -0.2) is 70.9 Å². The minimum Gasteiger partial charge on any atom is -0.393 e. The average molecular weight is 373 g/mol. The molecule has 2 atom stereocenters. The van der Waals surface area contributed by atoms with Gasteiger partial charge in [-0.1, -0.05) is 11.8 Å². The first kappa shape index (κ1) is 21.7. The van der Waals surface area contributed by atoms with E-state index in [1.807, 2.05) is 0 Å². The van der Waals surface area contributed by atoms with E-state index in [2.05, 4.69) is 29.0 Å². The summed E-state index contributed by atoms with van der Waals surface area (Å²) in [6.45, 7) is -0.482. The number of hydroxylamine groups is 1. The van der Waals surface area contributed by atoms with Crippen LogP contribution in [0, 0.1) is 23.7 Å². The quantitative estimate of drug-likeness (QED) is 0.177. The summed E-state index contributed by atoms with van der Waals surface area (Å²) in [5.74, 6) is 7.47. The lowest BCUT2D eigenvalue weighted by molar-refractivity contribution is -0.140. The van der Waals surface area contributed by atoms with Gasteiger partial charge in [0.1, 0.15) is 6.10 Å². The fourth-order valence-electron chi connectivity index (χ4n) is 1.95. The van der Waals surface area contributed by atoms with Gasteiger partial charge in [-0.3, -0.25) is 19.6 Å². The van der Waals surface area contributed by atoms with Gasteiger partial charge in [-0.05, 0) is 36.1 Å². The van der Waals surface area contributed by atoms with E-state index in [0.717, 1.165) is 4.90 Å². The molecule has 142 valence electrons. The summed E-state index contributed by atoms with van der Waals surface area (Å²) in [5, 5.41) is 28.7. The minimum atomic E-state index is -1.54. The largest absolute Gasteiger partial charge is 0.393 e. The van der Waals surface area contributed by atoms with Gasteiger partial charge in [0.2, 0.25) is 0 Å². The molecule has 9 heteroatoms. The Bertz CT molecular complexity index is 797. The lowest BCUT2D eigenvalue weighted by Gasteiger charge is -2.25. The molecule has 0 aliphatic heterocycles. The molecule has 0 heterocycles. The minimum absolute atomic E-state index is 0.199. The molecule has 0 saturated carbocycles. The fourth-order valence-corrected chi connectivity index (χ4v) is 1.95. The van der Waals surface area contributed by atoms with Gasteiger partial charge >= 0.3 is 0 Å². The van der Waals surface area contributed by atoms with Crippen molar-refractivity contribution in [2.24, 2.45) is 0 Å². The number of likely N-dealkylation sites (N-methyl/N-ethyl adjacent to an activating group) is 2. The summed E-state index contributed by atoms with van der Waals surface area (Å²) in [6.07, 6.45) is -1.15. The number of benzene rings is 1. The number of aliphatic hydroxyl groups excluding tert-OH is 2. The van der Waals surface area contributed by atoms with Crippen LogP contribution >= 0.6 is 0 Å². The normalized spacial score (nSPS) is 11.6. The SMILES string of the molecule is CNC(=O)C(C(=O)NO)N(C)C(=O)c1ccc(C#CC#CC(O)CO)cc1. The number of carbonyl (C=O) groups excluding carboxylic acids is 3. The Kier molecular flexibility index (Phi) is 8.49. The van der Waals surface area contributed by atoms with Gasteiger partial charge in [0.25, 0.3) is 17.7 Å². The lowest BCUT2D eigenvalue weighted by atomic mass is 10.1. The molecule has 2 unspecified atom stereocenters. The Morgan fingerprint density at radius 2 is 1.78 bits per heavy atom. The van der Waals surface area contributed by atoms with E-state index in [1.54, 1.807) is 12.1 Å². The van der Waals surface area contributed by atoms with Gasteiger partial charge in [0.15, 0.2) is 6.04 Å². The van der Waals surface area contributed by atoms with Crippen molar-refractivity contribution >= 4 is 17.7 Å². The van der Waals surface area contributed by atoms with Crippen LogP contribution < -0.4 is 10.8 Å². The van der Waals surface area contributed by atoms with Crippen molar-refractivity contribution in [1.29, 1.82) is 0 Å². The van der Waals surface area contributed by atoms with Crippen LogP contribution in [0.15, 0.2) is 24.3 Å². The first-order valence-electron chi connectivity index (χ1n) is 7.69. The molecule has 9 nitrogen and oxygen atoms in total. The Labute approximate surface area is 155 Å². The highest BCUT2D eigenvalue weighted by Gasteiger charge is 2.33. The Hall–Kier alpha value is -3.37. The molecule has 1 rings (SSSR count). The smallest absolute Gasteiger partial charge is 0.275 e. The number of rotatable bonds is 5. The third-order valence-corrected chi connectivity index (χ3v) is 3.37. The van der Waals surface area contributed by atoms with Crippen LogP contribution in [0.1, 0.15) is 15.9 Å². The highest BCUT2D eigenvalue weighted by atomic mass is 16.5. The van der Waals surface area contributed by atoms with E-state index < -0.39 is 36.5 Å². The molecule has 1 aromatic rings. The molecular formula is C18H19N3O6. The van der Waals surface area contributed by atoms with Crippen LogP contribution in [0.4, 0.5) is 0 Å². The molecule has 27 heavy (non-hydrogen) atoms. The zero-order valence-corrected chi connectivity index (χ0v) is 14.7. The number of hydrogen-bond donors (Lipinski definition) is 5. The summed E-state index contributed by atoms with van der Waals surface area (Å²) in [7, 11) is 2.56. The van der Waals surface area contributed by atoms with Gasteiger partial charge in [-0.15, -0.1) is 0 Å². The number of nitrogens with zero attached hydrogens (tertiary/aromatic N) is 1. The maximum absolute atomic E-state index is 12.5. The van der Waals surface area contributed by atoms with Crippen molar-refractivity contribution in [1.82, 2.24) is 15.7 Å². The van der Waals surface area contributed by atoms with Crippen molar-refractivity contribution in [3.8, 4) is 23.7 Å². The summed E-state index contributed by atoms with van der Waals surface area (Å²) >= 11 is 0. The number of carbonyl (C=O) groups is 3. The number of amides is 3. The van der Waals surface area contributed by atoms with E-state index in [4.69, 9.17) is 15.4 Å². The molecule has 0 bridgehead atoms. The number of hydrogen-bond acceptors (Lipinski definition) is 6. The lowest BCUT2D eigenvalue weighted by Crippen LogP contribution is -2.54. The van der Waals surface area contributed by atoms with Crippen LogP contribution in [-0.2, 0) is 9.59 Å². The zero-order chi connectivity index (χ0) is 20.4. The third-order valence-electron chi connectivity index (χ3n) is 3.37. The van der Waals surface area contributed by atoms with Crippen LogP contribution in [0.25, 0.3) is 0 Å². The van der Waals surface area contributed by atoms with Gasteiger partial charge in [-0.25, -0.2) is 5.48 Å². The second kappa shape index (κ2) is 10.6. The molecule has 0 saturated heterocycles. The molecule has 5 N–H and O–H groups in total. The van der Waals surface area contributed by atoms with Gasteiger partial charge < -0.3 is 20.4 Å². The van der Waals surface area contributed by atoms with Gasteiger partial charge in [0.05, 0.1) is 6.61 Å². The topological polar surface area (TPSA) is 139 Å². The average Bonchev–Trinajstić information content (AvgIpc) is 2.70. The summed E-state index contributed by atoms with van der Waals surface area (Å²) < 4.78 is 0. The van der Waals surface area contributed by atoms with Gasteiger partial charge in [-0.2, -0.15) is 0 Å². The predicted octanol–water partition coefficient (Wildman–Crippen LogP) is -1.91. The van der Waals surface area contributed by atoms with Gasteiger partial charge in [0, 0.05) is 25.2 Å². The Balaban J connectivity index is 2.95. The molecule has 0 aliphatic rings. The molecular weight excluding hydrogens is 354 g/mol. The van der Waals surface area contributed by atoms with Crippen molar-refractivity contribution in [3.63, 3.8) is 0 Å².